The van der Waals surface area contributed by atoms with Crippen molar-refractivity contribution in [3.63, 3.8) is 0 Å². The lowest BCUT2D eigenvalue weighted by Crippen LogP contribution is -2.34. The monoisotopic (exact) mass is 428 g/mol. The molecule has 1 amide bonds. The molecule has 0 aliphatic heterocycles. The predicted molar refractivity (Wildman–Crippen MR) is 109 cm³/mol. The molecule has 0 bridgehead atoms. The van der Waals surface area contributed by atoms with Crippen LogP contribution in [0.1, 0.15) is 36.7 Å². The molecule has 0 atom stereocenters. The highest BCUT2D eigenvalue weighted by Gasteiger charge is 2.17. The summed E-state index contributed by atoms with van der Waals surface area (Å²) in [6.45, 7) is 6.34. The van der Waals surface area contributed by atoms with Crippen molar-refractivity contribution in [3.8, 4) is 0 Å². The zero-order valence-electron chi connectivity index (χ0n) is 15.3. The lowest BCUT2D eigenvalue weighted by atomic mass is 9.87. The quantitative estimate of drug-likeness (QED) is 0.682. The van der Waals surface area contributed by atoms with Gasteiger partial charge >= 0.3 is 0 Å². The second-order valence-electron chi connectivity index (χ2n) is 7.05. The Morgan fingerprint density at radius 1 is 1.00 bits per heavy atom. The fourth-order valence-corrected chi connectivity index (χ4v) is 3.75. The number of halogens is 2. The van der Waals surface area contributed by atoms with Gasteiger partial charge in [-0.1, -0.05) is 56.1 Å². The van der Waals surface area contributed by atoms with Crippen LogP contribution in [0, 0.1) is 0 Å². The van der Waals surface area contributed by atoms with Gasteiger partial charge in [-0.2, -0.15) is 0 Å². The maximum absolute atomic E-state index is 12.3. The average molecular weight is 429 g/mol. The molecule has 0 heterocycles. The first kappa shape index (κ1) is 21.7. The lowest BCUT2D eigenvalue weighted by Gasteiger charge is -2.19. The molecule has 8 heteroatoms. The minimum atomic E-state index is -3.65. The van der Waals surface area contributed by atoms with E-state index in [0.29, 0.717) is 5.02 Å². The summed E-state index contributed by atoms with van der Waals surface area (Å²) in [7, 11) is -3.65. The van der Waals surface area contributed by atoms with E-state index in [1.165, 1.54) is 12.1 Å². The maximum Gasteiger partial charge on any atom is 0.252 e. The molecule has 27 heavy (non-hydrogen) atoms. The van der Waals surface area contributed by atoms with Crippen LogP contribution in [0.25, 0.3) is 0 Å². The topological polar surface area (TPSA) is 75.3 Å². The van der Waals surface area contributed by atoms with E-state index in [-0.39, 0.29) is 34.0 Å². The lowest BCUT2D eigenvalue weighted by molar-refractivity contribution is 0.0954. The number of benzene rings is 2. The molecule has 0 fully saturated rings. The van der Waals surface area contributed by atoms with Crippen molar-refractivity contribution in [2.75, 3.05) is 13.1 Å². The van der Waals surface area contributed by atoms with Gasteiger partial charge in [0.15, 0.2) is 0 Å². The number of amides is 1. The van der Waals surface area contributed by atoms with Gasteiger partial charge in [-0.25, -0.2) is 13.1 Å². The van der Waals surface area contributed by atoms with Crippen LogP contribution < -0.4 is 10.0 Å². The highest BCUT2D eigenvalue weighted by Crippen LogP contribution is 2.23. The zero-order valence-corrected chi connectivity index (χ0v) is 17.7. The first-order valence-corrected chi connectivity index (χ1v) is 10.6. The van der Waals surface area contributed by atoms with Crippen LogP contribution in [0.5, 0.6) is 0 Å². The van der Waals surface area contributed by atoms with E-state index in [1.807, 2.05) is 0 Å². The number of sulfonamides is 1. The summed E-state index contributed by atoms with van der Waals surface area (Å²) >= 11 is 11.8. The summed E-state index contributed by atoms with van der Waals surface area (Å²) in [5.74, 6) is -0.420. The molecule has 0 aliphatic carbocycles. The van der Waals surface area contributed by atoms with E-state index < -0.39 is 15.9 Å². The molecule has 5 nitrogen and oxygen atoms in total. The molecule has 2 aromatic rings. The molecule has 0 unspecified atom stereocenters. The Morgan fingerprint density at radius 2 is 1.63 bits per heavy atom. The average Bonchev–Trinajstić information content (AvgIpc) is 2.60. The third-order valence-corrected chi connectivity index (χ3v) is 5.95. The number of carbonyl (C=O) groups excluding carboxylic acids is 1. The van der Waals surface area contributed by atoms with Crippen molar-refractivity contribution in [1.82, 2.24) is 10.0 Å². The molecule has 0 radical (unpaired) electrons. The first-order chi connectivity index (χ1) is 12.5. The summed E-state index contributed by atoms with van der Waals surface area (Å²) in [4.78, 5) is 12.3. The Labute approximate surface area is 170 Å². The Bertz CT molecular complexity index is 921. The van der Waals surface area contributed by atoms with E-state index in [2.05, 4.69) is 30.8 Å². The summed E-state index contributed by atoms with van der Waals surface area (Å²) in [5, 5.41) is 3.28. The second-order valence-corrected chi connectivity index (χ2v) is 9.66. The Balaban J connectivity index is 1.92. The normalized spacial score (nSPS) is 12.0. The molecule has 146 valence electrons. The first-order valence-electron chi connectivity index (χ1n) is 8.34. The maximum atomic E-state index is 12.3. The van der Waals surface area contributed by atoms with E-state index in [4.69, 9.17) is 23.2 Å². The van der Waals surface area contributed by atoms with E-state index in [1.54, 1.807) is 30.3 Å². The van der Waals surface area contributed by atoms with Crippen molar-refractivity contribution in [3.05, 3.63) is 63.6 Å². The van der Waals surface area contributed by atoms with Gasteiger partial charge in [-0.05, 0) is 41.3 Å². The van der Waals surface area contributed by atoms with Gasteiger partial charge < -0.3 is 5.32 Å². The third-order valence-electron chi connectivity index (χ3n) is 3.91. The van der Waals surface area contributed by atoms with Crippen LogP contribution >= 0.6 is 23.2 Å². The number of hydrogen-bond donors (Lipinski definition) is 2. The minimum absolute atomic E-state index is 0.0489. The summed E-state index contributed by atoms with van der Waals surface area (Å²) < 4.78 is 27.2. The molecule has 0 aromatic heterocycles. The fraction of sp³-hybridized carbons (Fsp3) is 0.316. The van der Waals surface area contributed by atoms with Gasteiger partial charge in [-0.15, -0.1) is 0 Å². The molecule has 0 spiro atoms. The van der Waals surface area contributed by atoms with Crippen LogP contribution in [0.3, 0.4) is 0 Å². The van der Waals surface area contributed by atoms with Gasteiger partial charge in [0.2, 0.25) is 10.0 Å². The van der Waals surface area contributed by atoms with Gasteiger partial charge in [0.1, 0.15) is 0 Å². The number of rotatable bonds is 6. The standard InChI is InChI=1S/C19H22Cl2N2O3S/c1-19(2,3)13-4-7-15(8-5-13)27(25,26)23-11-10-22-18(24)16-12-14(20)6-9-17(16)21/h4-9,12,23H,10-11H2,1-3H3,(H,22,24). The molecule has 0 saturated carbocycles. The largest absolute Gasteiger partial charge is 0.351 e. The number of hydrogen-bond acceptors (Lipinski definition) is 3. The molecule has 0 saturated heterocycles. The van der Waals surface area contributed by atoms with Crippen LogP contribution in [0.15, 0.2) is 47.4 Å². The zero-order chi connectivity index (χ0) is 20.2. The van der Waals surface area contributed by atoms with Crippen molar-refractivity contribution in [2.45, 2.75) is 31.1 Å². The van der Waals surface area contributed by atoms with Crippen molar-refractivity contribution in [2.24, 2.45) is 0 Å². The fourth-order valence-electron chi connectivity index (χ4n) is 2.35. The molecular formula is C19H22Cl2N2O3S. The molecular weight excluding hydrogens is 407 g/mol. The number of carbonyl (C=O) groups is 1. The van der Waals surface area contributed by atoms with Crippen LogP contribution in [-0.2, 0) is 15.4 Å². The number of nitrogens with one attached hydrogen (secondary N) is 2. The van der Waals surface area contributed by atoms with E-state index >= 15 is 0 Å². The van der Waals surface area contributed by atoms with E-state index in [0.717, 1.165) is 5.56 Å². The van der Waals surface area contributed by atoms with Crippen molar-refractivity contribution < 1.29 is 13.2 Å². The predicted octanol–water partition coefficient (Wildman–Crippen LogP) is 4.00. The summed E-state index contributed by atoms with van der Waals surface area (Å²) in [5.41, 5.74) is 1.23. The van der Waals surface area contributed by atoms with Crippen LogP contribution in [0.4, 0.5) is 0 Å². The van der Waals surface area contributed by atoms with Gasteiger partial charge in [-0.3, -0.25) is 4.79 Å². The molecule has 0 aliphatic rings. The Morgan fingerprint density at radius 3 is 2.22 bits per heavy atom. The molecule has 2 aromatic carbocycles. The summed E-state index contributed by atoms with van der Waals surface area (Å²) in [6.07, 6.45) is 0. The van der Waals surface area contributed by atoms with E-state index in [9.17, 15) is 13.2 Å². The smallest absolute Gasteiger partial charge is 0.252 e. The summed E-state index contributed by atoms with van der Waals surface area (Å²) in [6, 6.07) is 11.3. The van der Waals surface area contributed by atoms with Crippen molar-refractivity contribution in [1.29, 1.82) is 0 Å². The van der Waals surface area contributed by atoms with Gasteiger partial charge in [0, 0.05) is 18.1 Å². The van der Waals surface area contributed by atoms with Gasteiger partial charge in [0.25, 0.3) is 5.91 Å². The van der Waals surface area contributed by atoms with Crippen molar-refractivity contribution >= 4 is 39.1 Å². The Hall–Kier alpha value is -1.60. The highest BCUT2D eigenvalue weighted by atomic mass is 35.5. The second kappa shape index (κ2) is 8.61. The highest BCUT2D eigenvalue weighted by molar-refractivity contribution is 7.89. The van der Waals surface area contributed by atoms with Gasteiger partial charge in [0.05, 0.1) is 15.5 Å². The third kappa shape index (κ3) is 5.94. The van der Waals surface area contributed by atoms with Crippen LogP contribution in [0.2, 0.25) is 10.0 Å². The SMILES string of the molecule is CC(C)(C)c1ccc(S(=O)(=O)NCCNC(=O)c2cc(Cl)ccc2Cl)cc1. The Kier molecular flexibility index (Phi) is 6.92. The molecule has 2 rings (SSSR count). The minimum Gasteiger partial charge on any atom is -0.351 e. The van der Waals surface area contributed by atoms with Crippen LogP contribution in [-0.4, -0.2) is 27.4 Å². The molecule has 2 N–H and O–H groups in total.